The number of ketones is 3. The number of hydrogen-bond acceptors (Lipinski definition) is 16. The molecule has 0 aromatic heterocycles. The van der Waals surface area contributed by atoms with E-state index in [1.165, 1.54) is 7.11 Å². The molecule has 17 nitrogen and oxygen atoms in total. The van der Waals surface area contributed by atoms with E-state index in [1.54, 1.807) is 53.0 Å². The largest absolute Gasteiger partial charge is 0.460 e. The molecule has 444 valence electrons. The third-order valence-corrected chi connectivity index (χ3v) is 15.8. The number of hydrogen-bond donors (Lipinski definition) is 3. The second-order valence-electron chi connectivity index (χ2n) is 22.1. The number of fused-ring (bicyclic) bond motifs is 3. The van der Waals surface area contributed by atoms with Gasteiger partial charge in [-0.05, 0) is 107 Å². The molecule has 20 heteroatoms. The summed E-state index contributed by atoms with van der Waals surface area (Å²) >= 11 is 0. The van der Waals surface area contributed by atoms with Crippen LogP contribution in [0.4, 0.5) is 13.2 Å². The number of rotatable bonds is 16. The summed E-state index contributed by atoms with van der Waals surface area (Å²) in [4.78, 5) is 72.8. The lowest BCUT2D eigenvalue weighted by atomic mass is 9.78. The van der Waals surface area contributed by atoms with Crippen molar-refractivity contribution in [2.75, 3.05) is 67.0 Å². The standard InChI is InChI=1S/C58H90F3NO16/c1-36-15-11-10-12-16-37(2)48(76-28-27-73-25-26-74-35-57(59,60)61)33-44-20-18-42(7)58(70,78-44)54(67)55(68)62-22-14-13-17-45(62)56(69)77-49(39(4)31-43-19-21-47(75-24-23-63)50(32-43)71-8)34-46(64)38(3)30-41(6)52(66)53(72-9)51(65)40(5)29-36/h10-12,15-16,30,36,38-40,42-45,47-50,52-53,63,66,70H,13-14,17-29,31-35H2,1-9H3/b12-10+,15-11+,37-16+,41-30+/t36-,38-,39-,40-,42-,43+,44+,45+,47-,48+,49+,50-,52-,53?,58-/m1/s1. The molecule has 1 aliphatic carbocycles. The minimum absolute atomic E-state index is 0.0165. The summed E-state index contributed by atoms with van der Waals surface area (Å²) in [6.45, 7) is 10.7. The topological polar surface area (TPSA) is 223 Å². The first-order valence-corrected chi connectivity index (χ1v) is 28.0. The molecule has 0 spiro atoms. The maximum Gasteiger partial charge on any atom is 0.411 e. The molecule has 3 heterocycles. The van der Waals surface area contributed by atoms with Gasteiger partial charge in [0.05, 0.1) is 64.1 Å². The second kappa shape index (κ2) is 32.7. The Labute approximate surface area is 459 Å². The van der Waals surface area contributed by atoms with Crippen LogP contribution in [0, 0.1) is 35.5 Å². The molecular formula is C58H90F3NO16. The molecule has 1 saturated carbocycles. The van der Waals surface area contributed by atoms with Gasteiger partial charge < -0.3 is 58.1 Å². The molecule has 3 fully saturated rings. The summed E-state index contributed by atoms with van der Waals surface area (Å²) in [7, 11) is 2.96. The fourth-order valence-corrected chi connectivity index (χ4v) is 11.1. The Bertz CT molecular complexity index is 2050. The minimum Gasteiger partial charge on any atom is -0.460 e. The van der Waals surface area contributed by atoms with Gasteiger partial charge in [-0.2, -0.15) is 13.2 Å². The Hall–Kier alpha value is -3.70. The van der Waals surface area contributed by atoms with E-state index in [0.717, 1.165) is 16.9 Å². The highest BCUT2D eigenvalue weighted by Gasteiger charge is 2.53. The first kappa shape index (κ1) is 66.8. The Morgan fingerprint density at radius 3 is 2.23 bits per heavy atom. The number of aliphatic hydroxyl groups is 3. The zero-order chi connectivity index (χ0) is 57.7. The number of carbonyl (C=O) groups excluding carboxylic acids is 5. The summed E-state index contributed by atoms with van der Waals surface area (Å²) in [6.07, 6.45) is 5.60. The van der Waals surface area contributed by atoms with Crippen LogP contribution in [0.15, 0.2) is 47.6 Å². The van der Waals surface area contributed by atoms with Gasteiger partial charge >= 0.3 is 12.1 Å². The number of piperidine rings is 1. The number of carbonyl (C=O) groups is 5. The number of halogens is 3. The highest BCUT2D eigenvalue weighted by Crippen LogP contribution is 2.38. The average molecular weight is 1110 g/mol. The third kappa shape index (κ3) is 20.4. The van der Waals surface area contributed by atoms with Crippen molar-refractivity contribution in [3.8, 4) is 0 Å². The molecule has 4 aliphatic rings. The molecule has 3 N–H and O–H groups in total. The number of nitrogens with zero attached hydrogens (tertiary/aromatic N) is 1. The predicted octanol–water partition coefficient (Wildman–Crippen LogP) is 7.16. The van der Waals surface area contributed by atoms with Crippen LogP contribution in [0.3, 0.4) is 0 Å². The first-order valence-electron chi connectivity index (χ1n) is 28.0. The first-order chi connectivity index (χ1) is 36.9. The van der Waals surface area contributed by atoms with Gasteiger partial charge in [0.2, 0.25) is 5.79 Å². The molecule has 2 saturated heterocycles. The summed E-state index contributed by atoms with van der Waals surface area (Å²) in [5.41, 5.74) is 1.07. The van der Waals surface area contributed by atoms with Crippen LogP contribution in [-0.4, -0.2) is 177 Å². The average Bonchev–Trinajstić information content (AvgIpc) is 3.40. The zero-order valence-electron chi connectivity index (χ0n) is 47.4. The number of alkyl halides is 3. The molecule has 3 aliphatic heterocycles. The van der Waals surface area contributed by atoms with Gasteiger partial charge in [0.15, 0.2) is 5.78 Å². The summed E-state index contributed by atoms with van der Waals surface area (Å²) in [5, 5.41) is 33.1. The Balaban J connectivity index is 1.68. The fourth-order valence-electron chi connectivity index (χ4n) is 11.1. The summed E-state index contributed by atoms with van der Waals surface area (Å²) in [6, 6.07) is -1.22. The van der Waals surface area contributed by atoms with E-state index in [9.17, 15) is 52.5 Å². The molecule has 1 unspecified atom stereocenters. The molecule has 4 rings (SSSR count). The molecule has 0 aromatic carbocycles. The maximum atomic E-state index is 14.6. The van der Waals surface area contributed by atoms with Crippen molar-refractivity contribution in [2.24, 2.45) is 35.5 Å². The molecule has 1 amide bonds. The highest BCUT2D eigenvalue weighted by atomic mass is 19.4. The number of allylic oxidation sites excluding steroid dienone is 6. The lowest BCUT2D eigenvalue weighted by molar-refractivity contribution is -0.266. The number of esters is 1. The van der Waals surface area contributed by atoms with Crippen molar-refractivity contribution in [1.82, 2.24) is 4.90 Å². The predicted molar refractivity (Wildman–Crippen MR) is 283 cm³/mol. The van der Waals surface area contributed by atoms with Gasteiger partial charge in [-0.3, -0.25) is 19.2 Å². The minimum atomic E-state index is -4.46. The van der Waals surface area contributed by atoms with Crippen molar-refractivity contribution in [1.29, 1.82) is 0 Å². The van der Waals surface area contributed by atoms with E-state index < -0.39 is 90.5 Å². The number of aliphatic hydroxyl groups excluding tert-OH is 2. The summed E-state index contributed by atoms with van der Waals surface area (Å²) in [5.74, 6) is -8.80. The van der Waals surface area contributed by atoms with E-state index in [-0.39, 0.29) is 107 Å². The third-order valence-electron chi connectivity index (χ3n) is 15.8. The number of amides is 1. The van der Waals surface area contributed by atoms with Gasteiger partial charge in [-0.15, -0.1) is 0 Å². The van der Waals surface area contributed by atoms with Crippen LogP contribution in [0.2, 0.25) is 0 Å². The lowest BCUT2D eigenvalue weighted by Crippen LogP contribution is -2.61. The number of Topliss-reactive ketones (excluding diaryl/α,β-unsaturated/α-hetero) is 3. The van der Waals surface area contributed by atoms with Crippen LogP contribution >= 0.6 is 0 Å². The number of cyclic esters (lactones) is 1. The normalized spacial score (nSPS) is 35.9. The van der Waals surface area contributed by atoms with Crippen LogP contribution in [0.25, 0.3) is 0 Å². The molecule has 0 aromatic rings. The zero-order valence-corrected chi connectivity index (χ0v) is 47.4. The van der Waals surface area contributed by atoms with E-state index in [2.05, 4.69) is 4.74 Å². The second-order valence-corrected chi connectivity index (χ2v) is 22.1. The van der Waals surface area contributed by atoms with Gasteiger partial charge in [0, 0.05) is 51.4 Å². The SMILES string of the molecule is COC1C(=O)[C@H](C)C[C@H](C)/C=C/C=C/C=C(\C)[C@@H](OCCOCCOCC(F)(F)F)C[C@@H]2CC[C@@H](C)[C@@](O)(O2)C(=O)C(=O)N2CCCC[C@H]2C(=O)O[C@H]([C@H](C)C[C@@H]2CC[C@@H](OCCO)[C@H](OC)C2)CC(=O)[C@H](C)/C=C(\C)[C@H]1O. The van der Waals surface area contributed by atoms with E-state index in [1.807, 2.05) is 39.0 Å². The van der Waals surface area contributed by atoms with Crippen molar-refractivity contribution < 1.29 is 90.4 Å². The van der Waals surface area contributed by atoms with E-state index in [0.29, 0.717) is 56.9 Å². The van der Waals surface area contributed by atoms with Crippen molar-refractivity contribution in [3.05, 3.63) is 47.6 Å². The lowest BCUT2D eigenvalue weighted by Gasteiger charge is -2.43. The molecule has 15 atom stereocenters. The Morgan fingerprint density at radius 1 is 0.821 bits per heavy atom. The van der Waals surface area contributed by atoms with Crippen molar-refractivity contribution in [2.45, 2.75) is 186 Å². The number of methoxy groups -OCH3 is 2. The summed E-state index contributed by atoms with van der Waals surface area (Å²) < 4.78 is 83.7. The van der Waals surface area contributed by atoms with Crippen LogP contribution in [0.1, 0.15) is 126 Å². The quantitative estimate of drug-likeness (QED) is 0.0604. The Morgan fingerprint density at radius 2 is 1.54 bits per heavy atom. The highest BCUT2D eigenvalue weighted by molar-refractivity contribution is 6.39. The van der Waals surface area contributed by atoms with Crippen molar-refractivity contribution in [3.63, 3.8) is 0 Å². The van der Waals surface area contributed by atoms with Gasteiger partial charge in [-0.1, -0.05) is 71.1 Å². The van der Waals surface area contributed by atoms with Crippen LogP contribution < -0.4 is 0 Å². The van der Waals surface area contributed by atoms with Gasteiger partial charge in [-0.25, -0.2) is 4.79 Å². The van der Waals surface area contributed by atoms with E-state index >= 15 is 0 Å². The smallest absolute Gasteiger partial charge is 0.411 e. The van der Waals surface area contributed by atoms with Gasteiger partial charge in [0.1, 0.15) is 36.7 Å². The van der Waals surface area contributed by atoms with Crippen molar-refractivity contribution >= 4 is 29.2 Å². The molecule has 0 radical (unpaired) electrons. The Kier molecular flexibility index (Phi) is 28.0. The maximum absolute atomic E-state index is 14.6. The molecule has 78 heavy (non-hydrogen) atoms. The fraction of sp³-hybridized carbons (Fsp3) is 0.776. The van der Waals surface area contributed by atoms with Crippen LogP contribution in [-0.2, 0) is 61.9 Å². The van der Waals surface area contributed by atoms with Gasteiger partial charge in [0.25, 0.3) is 11.7 Å². The van der Waals surface area contributed by atoms with Crippen LogP contribution in [0.5, 0.6) is 0 Å². The number of ether oxygens (including phenoxy) is 8. The molecule has 2 bridgehead atoms. The van der Waals surface area contributed by atoms with E-state index in [4.69, 9.17) is 33.2 Å². The monoisotopic (exact) mass is 1110 g/mol. The molecular weight excluding hydrogens is 1020 g/mol.